The zero-order valence-electron chi connectivity index (χ0n) is 15.1. The van der Waals surface area contributed by atoms with E-state index >= 15 is 0 Å². The van der Waals surface area contributed by atoms with Crippen molar-refractivity contribution in [2.75, 3.05) is 6.54 Å². The van der Waals surface area contributed by atoms with E-state index in [0.29, 0.717) is 19.0 Å². The summed E-state index contributed by atoms with van der Waals surface area (Å²) in [5.41, 5.74) is 0.738. The molecule has 1 N–H and O–H groups in total. The van der Waals surface area contributed by atoms with Crippen molar-refractivity contribution < 1.29 is 4.79 Å². The Kier molecular flexibility index (Phi) is 4.91. The number of nitrogens with zero attached hydrogens (tertiary/aromatic N) is 3. The Morgan fingerprint density at radius 1 is 1.08 bits per heavy atom. The van der Waals surface area contributed by atoms with Gasteiger partial charge in [0, 0.05) is 18.4 Å². The number of aromatic nitrogens is 3. The summed E-state index contributed by atoms with van der Waals surface area (Å²) in [6.07, 6.45) is 7.66. The van der Waals surface area contributed by atoms with Gasteiger partial charge in [-0.3, -0.25) is 4.79 Å². The van der Waals surface area contributed by atoms with E-state index in [4.69, 9.17) is 0 Å². The largest absolute Gasteiger partial charge is 0.354 e. The summed E-state index contributed by atoms with van der Waals surface area (Å²) in [5, 5.41) is 7.57. The molecular formula is C20H26N4O2. The van der Waals surface area contributed by atoms with Gasteiger partial charge in [0.2, 0.25) is 5.91 Å². The Morgan fingerprint density at radius 2 is 1.81 bits per heavy atom. The summed E-state index contributed by atoms with van der Waals surface area (Å²) in [7, 11) is 0. The lowest BCUT2D eigenvalue weighted by Crippen LogP contribution is -2.36. The molecule has 0 aliphatic heterocycles. The van der Waals surface area contributed by atoms with Gasteiger partial charge in [-0.2, -0.15) is 5.10 Å². The molecule has 0 unspecified atom stereocenters. The SMILES string of the molecule is O=C(NCCn1nc(C2CC2)n(-c2ccccc2)c1=O)C1CCCCC1. The zero-order chi connectivity index (χ0) is 17.9. The fraction of sp³-hybridized carbons (Fsp3) is 0.550. The van der Waals surface area contributed by atoms with Gasteiger partial charge in [-0.15, -0.1) is 0 Å². The quantitative estimate of drug-likeness (QED) is 0.867. The number of nitrogens with one attached hydrogen (secondary N) is 1. The monoisotopic (exact) mass is 354 g/mol. The molecule has 0 radical (unpaired) electrons. The molecule has 1 aromatic carbocycles. The molecule has 2 saturated carbocycles. The van der Waals surface area contributed by atoms with Crippen LogP contribution in [0.25, 0.3) is 5.69 Å². The molecule has 0 bridgehead atoms. The van der Waals surface area contributed by atoms with Crippen LogP contribution in [0.5, 0.6) is 0 Å². The molecular weight excluding hydrogens is 328 g/mol. The molecule has 2 fully saturated rings. The molecule has 1 heterocycles. The van der Waals surface area contributed by atoms with Crippen LogP contribution in [0.15, 0.2) is 35.1 Å². The van der Waals surface area contributed by atoms with E-state index in [-0.39, 0.29) is 17.5 Å². The van der Waals surface area contributed by atoms with E-state index in [1.807, 2.05) is 30.3 Å². The number of hydrogen-bond acceptors (Lipinski definition) is 3. The number of carbonyl (C=O) groups excluding carboxylic acids is 1. The third-order valence-corrected chi connectivity index (χ3v) is 5.42. The van der Waals surface area contributed by atoms with Crippen LogP contribution >= 0.6 is 0 Å². The molecule has 0 spiro atoms. The lowest BCUT2D eigenvalue weighted by Gasteiger charge is -2.20. The first kappa shape index (κ1) is 17.1. The Balaban J connectivity index is 1.45. The summed E-state index contributed by atoms with van der Waals surface area (Å²) in [6, 6.07) is 9.67. The van der Waals surface area contributed by atoms with Crippen molar-refractivity contribution in [1.29, 1.82) is 0 Å². The van der Waals surface area contributed by atoms with Gasteiger partial charge in [-0.05, 0) is 37.8 Å². The molecule has 2 aliphatic carbocycles. The van der Waals surface area contributed by atoms with Crippen molar-refractivity contribution in [2.45, 2.75) is 57.4 Å². The Hall–Kier alpha value is -2.37. The van der Waals surface area contributed by atoms with Gasteiger partial charge in [0.25, 0.3) is 0 Å². The van der Waals surface area contributed by atoms with Crippen molar-refractivity contribution in [3.8, 4) is 5.69 Å². The molecule has 1 amide bonds. The minimum atomic E-state index is -0.120. The normalized spacial score (nSPS) is 18.0. The van der Waals surface area contributed by atoms with Crippen molar-refractivity contribution in [3.63, 3.8) is 0 Å². The van der Waals surface area contributed by atoms with Crippen LogP contribution in [-0.2, 0) is 11.3 Å². The predicted octanol–water partition coefficient (Wildman–Crippen LogP) is 2.61. The van der Waals surface area contributed by atoms with Crippen LogP contribution in [-0.4, -0.2) is 26.8 Å². The maximum absolute atomic E-state index is 12.9. The molecule has 26 heavy (non-hydrogen) atoms. The number of para-hydroxylation sites is 1. The zero-order valence-corrected chi connectivity index (χ0v) is 15.1. The minimum Gasteiger partial charge on any atom is -0.354 e. The summed E-state index contributed by atoms with van der Waals surface area (Å²) in [4.78, 5) is 25.1. The number of amides is 1. The van der Waals surface area contributed by atoms with Crippen LogP contribution in [0.4, 0.5) is 0 Å². The maximum atomic E-state index is 12.9. The first-order valence-electron chi connectivity index (χ1n) is 9.77. The summed E-state index contributed by atoms with van der Waals surface area (Å²) >= 11 is 0. The van der Waals surface area contributed by atoms with Gasteiger partial charge >= 0.3 is 5.69 Å². The highest BCUT2D eigenvalue weighted by Gasteiger charge is 2.31. The van der Waals surface area contributed by atoms with Gasteiger partial charge in [0.1, 0.15) is 5.82 Å². The van der Waals surface area contributed by atoms with Crippen molar-refractivity contribution in [3.05, 3.63) is 46.6 Å². The van der Waals surface area contributed by atoms with Gasteiger partial charge in [-0.25, -0.2) is 14.0 Å². The molecule has 0 saturated heterocycles. The van der Waals surface area contributed by atoms with Crippen LogP contribution < -0.4 is 11.0 Å². The van der Waals surface area contributed by atoms with Gasteiger partial charge in [0.15, 0.2) is 0 Å². The average molecular weight is 354 g/mol. The summed E-state index contributed by atoms with van der Waals surface area (Å²) < 4.78 is 3.22. The van der Waals surface area contributed by atoms with Crippen LogP contribution in [0.3, 0.4) is 0 Å². The highest BCUT2D eigenvalue weighted by molar-refractivity contribution is 5.78. The lowest BCUT2D eigenvalue weighted by molar-refractivity contribution is -0.125. The molecule has 2 aliphatic rings. The highest BCUT2D eigenvalue weighted by atomic mass is 16.2. The second-order valence-corrected chi connectivity index (χ2v) is 7.44. The van der Waals surface area contributed by atoms with E-state index in [9.17, 15) is 9.59 Å². The minimum absolute atomic E-state index is 0.120. The van der Waals surface area contributed by atoms with Crippen LogP contribution in [0.1, 0.15) is 56.7 Å². The van der Waals surface area contributed by atoms with Crippen molar-refractivity contribution >= 4 is 5.91 Å². The lowest BCUT2D eigenvalue weighted by atomic mass is 9.89. The smallest absolute Gasteiger partial charge is 0.350 e. The van der Waals surface area contributed by atoms with E-state index in [0.717, 1.165) is 50.0 Å². The highest BCUT2D eigenvalue weighted by Crippen LogP contribution is 2.39. The molecule has 138 valence electrons. The fourth-order valence-corrected chi connectivity index (χ4v) is 3.79. The van der Waals surface area contributed by atoms with E-state index in [1.165, 1.54) is 11.1 Å². The number of benzene rings is 1. The first-order valence-corrected chi connectivity index (χ1v) is 9.77. The van der Waals surface area contributed by atoms with E-state index in [1.54, 1.807) is 4.57 Å². The second-order valence-electron chi connectivity index (χ2n) is 7.44. The molecule has 2 aromatic rings. The van der Waals surface area contributed by atoms with Crippen molar-refractivity contribution in [2.24, 2.45) is 5.92 Å². The van der Waals surface area contributed by atoms with Crippen LogP contribution in [0.2, 0.25) is 0 Å². The van der Waals surface area contributed by atoms with E-state index in [2.05, 4.69) is 10.4 Å². The van der Waals surface area contributed by atoms with Gasteiger partial charge < -0.3 is 5.32 Å². The number of rotatable bonds is 6. The topological polar surface area (TPSA) is 68.9 Å². The molecule has 6 heteroatoms. The second kappa shape index (κ2) is 7.48. The van der Waals surface area contributed by atoms with Crippen molar-refractivity contribution in [1.82, 2.24) is 19.7 Å². The van der Waals surface area contributed by atoms with Crippen LogP contribution in [0, 0.1) is 5.92 Å². The first-order chi connectivity index (χ1) is 12.7. The molecule has 1 aromatic heterocycles. The van der Waals surface area contributed by atoms with Gasteiger partial charge in [-0.1, -0.05) is 37.5 Å². The number of hydrogen-bond donors (Lipinski definition) is 1. The number of carbonyl (C=O) groups is 1. The Labute approximate surface area is 153 Å². The Morgan fingerprint density at radius 3 is 2.50 bits per heavy atom. The third kappa shape index (κ3) is 3.59. The van der Waals surface area contributed by atoms with E-state index < -0.39 is 0 Å². The fourth-order valence-electron chi connectivity index (χ4n) is 3.79. The van der Waals surface area contributed by atoms with Gasteiger partial charge in [0.05, 0.1) is 12.2 Å². The maximum Gasteiger partial charge on any atom is 0.350 e. The predicted molar refractivity (Wildman–Crippen MR) is 99.4 cm³/mol. The summed E-state index contributed by atoms with van der Waals surface area (Å²) in [5.74, 6) is 1.49. The Bertz CT molecular complexity index is 814. The third-order valence-electron chi connectivity index (χ3n) is 5.42. The molecule has 6 nitrogen and oxygen atoms in total. The molecule has 4 rings (SSSR count). The summed E-state index contributed by atoms with van der Waals surface area (Å²) in [6.45, 7) is 0.863. The molecule has 0 atom stereocenters. The standard InChI is InChI=1S/C20H26N4O2/c25-19(16-7-3-1-4-8-16)21-13-14-23-20(26)24(17-9-5-2-6-10-17)18(22-23)15-11-12-15/h2,5-6,9-10,15-16H,1,3-4,7-8,11-14H2,(H,21,25). The average Bonchev–Trinajstić information content (AvgIpc) is 3.48.